The van der Waals surface area contributed by atoms with E-state index >= 15 is 0 Å². The molecule has 0 unspecified atom stereocenters. The maximum Gasteiger partial charge on any atom is 0.416 e. The summed E-state index contributed by atoms with van der Waals surface area (Å²) in [6, 6.07) is 10.1. The summed E-state index contributed by atoms with van der Waals surface area (Å²) in [5, 5.41) is 7.45. The summed E-state index contributed by atoms with van der Waals surface area (Å²) >= 11 is 12.2. The van der Waals surface area contributed by atoms with Crippen LogP contribution >= 0.6 is 23.2 Å². The van der Waals surface area contributed by atoms with Gasteiger partial charge in [0, 0.05) is 17.1 Å². The summed E-state index contributed by atoms with van der Waals surface area (Å²) in [4.78, 5) is 4.54. The van der Waals surface area contributed by atoms with Crippen molar-refractivity contribution in [1.29, 1.82) is 0 Å². The molecular formula is C21H23Cl2F3N4. The van der Waals surface area contributed by atoms with Crippen molar-refractivity contribution in [2.75, 3.05) is 5.32 Å². The molecule has 9 heteroatoms. The van der Waals surface area contributed by atoms with E-state index in [2.05, 4.69) is 15.6 Å². The van der Waals surface area contributed by atoms with Gasteiger partial charge in [0.25, 0.3) is 0 Å². The molecule has 1 aliphatic carbocycles. The van der Waals surface area contributed by atoms with Gasteiger partial charge in [-0.15, -0.1) is 0 Å². The SMILES string of the molecule is N[C@H]1CCCC[C@@H]1NC(=NCc1ccc(C(F)(F)F)cc1)Nc1ccc(Cl)cc1Cl. The van der Waals surface area contributed by atoms with Crippen LogP contribution in [0.4, 0.5) is 18.9 Å². The monoisotopic (exact) mass is 458 g/mol. The van der Waals surface area contributed by atoms with Crippen molar-refractivity contribution in [3.05, 3.63) is 63.6 Å². The molecule has 4 nitrogen and oxygen atoms in total. The Balaban J connectivity index is 1.78. The Bertz CT molecular complexity index is 885. The first kappa shape index (κ1) is 22.7. The van der Waals surface area contributed by atoms with Gasteiger partial charge in [-0.3, -0.25) is 0 Å². The maximum absolute atomic E-state index is 12.8. The van der Waals surface area contributed by atoms with E-state index in [-0.39, 0.29) is 18.6 Å². The van der Waals surface area contributed by atoms with Crippen molar-refractivity contribution >= 4 is 34.8 Å². The van der Waals surface area contributed by atoms with Crippen LogP contribution in [0.3, 0.4) is 0 Å². The van der Waals surface area contributed by atoms with Crippen LogP contribution in [-0.2, 0) is 12.7 Å². The third-order valence-corrected chi connectivity index (χ3v) is 5.57. The molecule has 0 spiro atoms. The molecule has 0 heterocycles. The number of alkyl halides is 3. The third kappa shape index (κ3) is 6.27. The highest BCUT2D eigenvalue weighted by Gasteiger charge is 2.30. The molecule has 0 amide bonds. The summed E-state index contributed by atoms with van der Waals surface area (Å²) in [7, 11) is 0. The summed E-state index contributed by atoms with van der Waals surface area (Å²) < 4.78 is 38.3. The lowest BCUT2D eigenvalue weighted by atomic mass is 9.91. The third-order valence-electron chi connectivity index (χ3n) is 5.03. The number of hydrogen-bond donors (Lipinski definition) is 3. The standard InChI is InChI=1S/C21H23Cl2F3N4/c22-15-9-10-18(16(23)11-15)29-20(30-19-4-2-1-3-17(19)27)28-12-13-5-7-14(8-6-13)21(24,25)26/h5-11,17,19H,1-4,12,27H2,(H2,28,29,30)/t17-,19-/m0/s1. The summed E-state index contributed by atoms with van der Waals surface area (Å²) in [5.74, 6) is 0.460. The number of hydrogen-bond acceptors (Lipinski definition) is 2. The molecule has 1 saturated carbocycles. The zero-order chi connectivity index (χ0) is 21.7. The quantitative estimate of drug-likeness (QED) is 0.398. The highest BCUT2D eigenvalue weighted by atomic mass is 35.5. The summed E-state index contributed by atoms with van der Waals surface area (Å²) in [5.41, 5.74) is 6.82. The van der Waals surface area contributed by atoms with Gasteiger partial charge in [0.2, 0.25) is 0 Å². The Morgan fingerprint density at radius 3 is 2.40 bits per heavy atom. The van der Waals surface area contributed by atoms with Crippen LogP contribution < -0.4 is 16.4 Å². The lowest BCUT2D eigenvalue weighted by Crippen LogP contribution is -2.51. The second-order valence-electron chi connectivity index (χ2n) is 7.31. The van der Waals surface area contributed by atoms with Crippen molar-refractivity contribution in [3.8, 4) is 0 Å². The number of nitrogens with two attached hydrogens (primary N) is 1. The minimum atomic E-state index is -4.36. The lowest BCUT2D eigenvalue weighted by Gasteiger charge is -2.30. The molecule has 0 aromatic heterocycles. The second-order valence-corrected chi connectivity index (χ2v) is 8.15. The molecule has 0 aliphatic heterocycles. The van der Waals surface area contributed by atoms with Crippen LogP contribution in [0.2, 0.25) is 10.0 Å². The van der Waals surface area contributed by atoms with Gasteiger partial charge in [-0.1, -0.05) is 48.2 Å². The first-order valence-corrected chi connectivity index (χ1v) is 10.4. The van der Waals surface area contributed by atoms with Crippen LogP contribution in [-0.4, -0.2) is 18.0 Å². The predicted octanol–water partition coefficient (Wildman–Crippen LogP) is 5.84. The van der Waals surface area contributed by atoms with Gasteiger partial charge in [-0.25, -0.2) is 4.99 Å². The molecule has 30 heavy (non-hydrogen) atoms. The fourth-order valence-electron chi connectivity index (χ4n) is 3.32. The molecule has 0 saturated heterocycles. The van der Waals surface area contributed by atoms with E-state index in [4.69, 9.17) is 28.9 Å². The largest absolute Gasteiger partial charge is 0.416 e. The van der Waals surface area contributed by atoms with E-state index in [1.807, 2.05) is 0 Å². The van der Waals surface area contributed by atoms with E-state index in [1.54, 1.807) is 18.2 Å². The number of rotatable bonds is 4. The van der Waals surface area contributed by atoms with Crippen LogP contribution in [0.15, 0.2) is 47.5 Å². The number of nitrogens with zero attached hydrogens (tertiary/aromatic N) is 1. The number of benzene rings is 2. The van der Waals surface area contributed by atoms with E-state index in [0.29, 0.717) is 27.3 Å². The summed E-state index contributed by atoms with van der Waals surface area (Å²) in [6.45, 7) is 0.195. The first-order chi connectivity index (χ1) is 14.2. The normalized spacial score (nSPS) is 20.1. The van der Waals surface area contributed by atoms with Gasteiger partial charge >= 0.3 is 6.18 Å². The Kier molecular flexibility index (Phi) is 7.50. The fraction of sp³-hybridized carbons (Fsp3) is 0.381. The van der Waals surface area contributed by atoms with Gasteiger partial charge in [-0.05, 0) is 48.7 Å². The maximum atomic E-state index is 12.8. The average molecular weight is 459 g/mol. The number of aliphatic imine (C=N–C) groups is 1. The minimum Gasteiger partial charge on any atom is -0.352 e. The topological polar surface area (TPSA) is 62.4 Å². The molecule has 4 N–H and O–H groups in total. The van der Waals surface area contributed by atoms with Gasteiger partial charge in [-0.2, -0.15) is 13.2 Å². The molecule has 1 aliphatic rings. The van der Waals surface area contributed by atoms with Crippen molar-refractivity contribution in [2.45, 2.75) is 50.5 Å². The Morgan fingerprint density at radius 1 is 1.07 bits per heavy atom. The van der Waals surface area contributed by atoms with Crippen molar-refractivity contribution in [3.63, 3.8) is 0 Å². The molecule has 2 aromatic rings. The van der Waals surface area contributed by atoms with Gasteiger partial charge in [0.05, 0.1) is 22.8 Å². The van der Waals surface area contributed by atoms with Crippen molar-refractivity contribution in [1.82, 2.24) is 5.32 Å². The fourth-order valence-corrected chi connectivity index (χ4v) is 3.78. The molecule has 2 aromatic carbocycles. The molecule has 0 bridgehead atoms. The number of anilines is 1. The van der Waals surface area contributed by atoms with Crippen LogP contribution in [0.5, 0.6) is 0 Å². The smallest absolute Gasteiger partial charge is 0.352 e. The molecule has 2 atom stereocenters. The van der Waals surface area contributed by atoms with Gasteiger partial charge in [0.1, 0.15) is 0 Å². The van der Waals surface area contributed by atoms with Gasteiger partial charge in [0.15, 0.2) is 5.96 Å². The van der Waals surface area contributed by atoms with Gasteiger partial charge < -0.3 is 16.4 Å². The summed E-state index contributed by atoms with van der Waals surface area (Å²) in [6.07, 6.45) is -0.367. The zero-order valence-electron chi connectivity index (χ0n) is 16.1. The Morgan fingerprint density at radius 2 is 1.77 bits per heavy atom. The van der Waals surface area contributed by atoms with Crippen molar-refractivity contribution < 1.29 is 13.2 Å². The highest BCUT2D eigenvalue weighted by molar-refractivity contribution is 6.36. The first-order valence-electron chi connectivity index (χ1n) is 9.67. The van der Waals surface area contributed by atoms with E-state index in [1.165, 1.54) is 12.1 Å². The molecule has 0 radical (unpaired) electrons. The zero-order valence-corrected chi connectivity index (χ0v) is 17.7. The second kappa shape index (κ2) is 9.90. The molecular weight excluding hydrogens is 436 g/mol. The molecule has 162 valence electrons. The van der Waals surface area contributed by atoms with E-state index < -0.39 is 11.7 Å². The number of guanidine groups is 1. The minimum absolute atomic E-state index is 0.00231. The predicted molar refractivity (Wildman–Crippen MR) is 116 cm³/mol. The number of nitrogens with one attached hydrogen (secondary N) is 2. The van der Waals surface area contributed by atoms with Crippen molar-refractivity contribution in [2.24, 2.45) is 10.7 Å². The van der Waals surface area contributed by atoms with Crippen LogP contribution in [0.1, 0.15) is 36.8 Å². The van der Waals surface area contributed by atoms with Crippen LogP contribution in [0.25, 0.3) is 0 Å². The van der Waals surface area contributed by atoms with E-state index in [0.717, 1.165) is 37.8 Å². The Hall–Kier alpha value is -1.96. The lowest BCUT2D eigenvalue weighted by molar-refractivity contribution is -0.137. The van der Waals surface area contributed by atoms with Crippen LogP contribution in [0, 0.1) is 0 Å². The average Bonchev–Trinajstić information content (AvgIpc) is 2.69. The molecule has 1 fully saturated rings. The Labute approximate surface area is 183 Å². The highest BCUT2D eigenvalue weighted by Crippen LogP contribution is 2.29. The molecule has 3 rings (SSSR count). The number of halogens is 5. The van der Waals surface area contributed by atoms with E-state index in [9.17, 15) is 13.2 Å².